The number of thiophene rings is 1. The minimum absolute atomic E-state index is 0.0396. The second-order valence-electron chi connectivity index (χ2n) is 5.87. The second-order valence-corrected chi connectivity index (χ2v) is 6.98. The van der Waals surface area contributed by atoms with Crippen LogP contribution in [0.3, 0.4) is 0 Å². The lowest BCUT2D eigenvalue weighted by Crippen LogP contribution is -2.36. The number of rotatable bonds is 3. The summed E-state index contributed by atoms with van der Waals surface area (Å²) < 4.78 is 11.1. The summed E-state index contributed by atoms with van der Waals surface area (Å²) in [5.74, 6) is -1.84. The van der Waals surface area contributed by atoms with Gasteiger partial charge in [-0.3, -0.25) is 4.79 Å². The van der Waals surface area contributed by atoms with Crippen LogP contribution in [0.15, 0.2) is 12.5 Å². The second kappa shape index (κ2) is 4.74. The van der Waals surface area contributed by atoms with Crippen LogP contribution in [0.2, 0.25) is 0 Å². The fourth-order valence-electron chi connectivity index (χ4n) is 2.97. The summed E-state index contributed by atoms with van der Waals surface area (Å²) >= 11 is 1.36. The molecule has 2 N–H and O–H groups in total. The van der Waals surface area contributed by atoms with E-state index in [1.807, 2.05) is 0 Å². The molecule has 2 aliphatic carbocycles. The standard InChI is InChI=1S/C15H15NO5S/c17-12(8-1-2-8)16-13-11(14(18)19)9-7-15(20-5-6-21-15)4-3-10(9)22-13/h5-6,8H,1-4,7H2,(H,16,17)(H,18,19). The lowest BCUT2D eigenvalue weighted by atomic mass is 9.90. The van der Waals surface area contributed by atoms with Crippen molar-refractivity contribution in [3.05, 3.63) is 28.5 Å². The third-order valence-corrected chi connectivity index (χ3v) is 5.50. The van der Waals surface area contributed by atoms with Crippen molar-refractivity contribution in [3.8, 4) is 0 Å². The van der Waals surface area contributed by atoms with Crippen LogP contribution in [0.1, 0.15) is 40.1 Å². The fourth-order valence-corrected chi connectivity index (χ4v) is 4.18. The monoisotopic (exact) mass is 321 g/mol. The Morgan fingerprint density at radius 3 is 2.68 bits per heavy atom. The van der Waals surface area contributed by atoms with Gasteiger partial charge in [-0.1, -0.05) is 0 Å². The van der Waals surface area contributed by atoms with Gasteiger partial charge in [-0.05, 0) is 24.8 Å². The Hall–Kier alpha value is -2.02. The van der Waals surface area contributed by atoms with Crippen molar-refractivity contribution in [2.75, 3.05) is 5.32 Å². The molecule has 1 aliphatic heterocycles. The van der Waals surface area contributed by atoms with Gasteiger partial charge in [-0.2, -0.15) is 0 Å². The van der Waals surface area contributed by atoms with Crippen LogP contribution in [-0.4, -0.2) is 22.8 Å². The zero-order valence-electron chi connectivity index (χ0n) is 11.8. The molecule has 1 fully saturated rings. The maximum atomic E-state index is 12.0. The molecule has 1 aromatic rings. The van der Waals surface area contributed by atoms with Crippen molar-refractivity contribution in [3.63, 3.8) is 0 Å². The Balaban J connectivity index is 1.68. The summed E-state index contributed by atoms with van der Waals surface area (Å²) in [6, 6.07) is 0. The van der Waals surface area contributed by atoms with E-state index in [-0.39, 0.29) is 17.4 Å². The number of aromatic carboxylic acids is 1. The fraction of sp³-hybridized carbons (Fsp3) is 0.467. The highest BCUT2D eigenvalue weighted by atomic mass is 32.1. The summed E-state index contributed by atoms with van der Waals surface area (Å²) in [5.41, 5.74) is 0.908. The van der Waals surface area contributed by atoms with Gasteiger partial charge in [-0.15, -0.1) is 11.3 Å². The van der Waals surface area contributed by atoms with Crippen molar-refractivity contribution >= 4 is 28.2 Å². The molecular weight excluding hydrogens is 306 g/mol. The predicted molar refractivity (Wildman–Crippen MR) is 78.7 cm³/mol. The molecule has 22 heavy (non-hydrogen) atoms. The number of carbonyl (C=O) groups excluding carboxylic acids is 1. The van der Waals surface area contributed by atoms with E-state index in [9.17, 15) is 14.7 Å². The number of fused-ring (bicyclic) bond motifs is 1. The number of anilines is 1. The Kier molecular flexibility index (Phi) is 2.94. The number of nitrogens with one attached hydrogen (secondary N) is 1. The Labute approximate surface area is 130 Å². The van der Waals surface area contributed by atoms with Crippen LogP contribution in [-0.2, 0) is 27.1 Å². The third-order valence-electron chi connectivity index (χ3n) is 4.29. The minimum atomic E-state index is -1.02. The smallest absolute Gasteiger partial charge is 0.339 e. The summed E-state index contributed by atoms with van der Waals surface area (Å²) in [5, 5.41) is 12.8. The summed E-state index contributed by atoms with van der Waals surface area (Å²) in [6.07, 6.45) is 6.49. The Bertz CT molecular complexity index is 680. The summed E-state index contributed by atoms with van der Waals surface area (Å²) in [4.78, 5) is 24.6. The highest BCUT2D eigenvalue weighted by molar-refractivity contribution is 7.17. The van der Waals surface area contributed by atoms with Crippen LogP contribution < -0.4 is 5.32 Å². The van der Waals surface area contributed by atoms with Crippen molar-refractivity contribution in [1.29, 1.82) is 0 Å². The zero-order valence-corrected chi connectivity index (χ0v) is 12.6. The zero-order chi connectivity index (χ0) is 15.3. The number of aryl methyl sites for hydroxylation is 1. The molecule has 4 rings (SSSR count). The molecule has 1 amide bonds. The van der Waals surface area contributed by atoms with Gasteiger partial charge < -0.3 is 19.9 Å². The van der Waals surface area contributed by atoms with Gasteiger partial charge in [0.25, 0.3) is 5.79 Å². The first kappa shape index (κ1) is 13.6. The number of hydrogen-bond donors (Lipinski definition) is 2. The van der Waals surface area contributed by atoms with Crippen molar-refractivity contribution in [1.82, 2.24) is 0 Å². The number of hydrogen-bond acceptors (Lipinski definition) is 5. The molecule has 0 bridgehead atoms. The molecule has 0 radical (unpaired) electrons. The van der Waals surface area contributed by atoms with E-state index in [4.69, 9.17) is 9.47 Å². The number of carboxylic acids is 1. The molecule has 1 aromatic heterocycles. The first-order valence-corrected chi connectivity index (χ1v) is 8.09. The quantitative estimate of drug-likeness (QED) is 0.893. The maximum absolute atomic E-state index is 12.0. The van der Waals surface area contributed by atoms with Crippen LogP contribution in [0.5, 0.6) is 0 Å². The molecule has 116 valence electrons. The van der Waals surface area contributed by atoms with Gasteiger partial charge in [0.2, 0.25) is 5.91 Å². The highest BCUT2D eigenvalue weighted by Crippen LogP contribution is 2.44. The summed E-state index contributed by atoms with van der Waals surface area (Å²) in [6.45, 7) is 0. The number of carbonyl (C=O) groups is 2. The van der Waals surface area contributed by atoms with Crippen LogP contribution in [0.25, 0.3) is 0 Å². The molecule has 0 atom stereocenters. The van der Waals surface area contributed by atoms with Crippen molar-refractivity contribution in [2.24, 2.45) is 5.92 Å². The largest absolute Gasteiger partial charge is 0.478 e. The number of amides is 1. The van der Waals surface area contributed by atoms with Gasteiger partial charge >= 0.3 is 5.97 Å². The molecule has 0 unspecified atom stereocenters. The minimum Gasteiger partial charge on any atom is -0.478 e. The average molecular weight is 321 g/mol. The third kappa shape index (κ3) is 2.16. The van der Waals surface area contributed by atoms with Crippen LogP contribution in [0.4, 0.5) is 5.00 Å². The van der Waals surface area contributed by atoms with E-state index in [0.717, 1.165) is 23.3 Å². The molecule has 1 saturated carbocycles. The Morgan fingerprint density at radius 1 is 1.32 bits per heavy atom. The number of ether oxygens (including phenoxy) is 2. The van der Waals surface area contributed by atoms with Crippen LogP contribution in [0, 0.1) is 5.92 Å². The van der Waals surface area contributed by atoms with Crippen molar-refractivity contribution < 1.29 is 24.2 Å². The maximum Gasteiger partial charge on any atom is 0.339 e. The van der Waals surface area contributed by atoms with Crippen molar-refractivity contribution in [2.45, 2.75) is 37.9 Å². The molecule has 6 nitrogen and oxygen atoms in total. The molecule has 0 aromatic carbocycles. The predicted octanol–water partition coefficient (Wildman–Crippen LogP) is 2.50. The lowest BCUT2D eigenvalue weighted by Gasteiger charge is -2.31. The van der Waals surface area contributed by atoms with E-state index in [1.54, 1.807) is 0 Å². The van der Waals surface area contributed by atoms with E-state index >= 15 is 0 Å². The molecule has 7 heteroatoms. The van der Waals surface area contributed by atoms with E-state index in [2.05, 4.69) is 5.32 Å². The Morgan fingerprint density at radius 2 is 2.05 bits per heavy atom. The normalized spacial score (nSPS) is 21.1. The molecule has 1 spiro atoms. The topological polar surface area (TPSA) is 84.9 Å². The van der Waals surface area contributed by atoms with E-state index in [1.165, 1.54) is 23.9 Å². The van der Waals surface area contributed by atoms with Gasteiger partial charge in [0.1, 0.15) is 17.5 Å². The lowest BCUT2D eigenvalue weighted by molar-refractivity contribution is -0.148. The molecule has 0 saturated heterocycles. The molecular formula is C15H15NO5S. The first-order valence-electron chi connectivity index (χ1n) is 7.27. The molecule has 2 heterocycles. The van der Waals surface area contributed by atoms with Gasteiger partial charge in [-0.25, -0.2) is 4.79 Å². The van der Waals surface area contributed by atoms with E-state index < -0.39 is 11.8 Å². The summed E-state index contributed by atoms with van der Waals surface area (Å²) in [7, 11) is 0. The van der Waals surface area contributed by atoms with Crippen LogP contribution >= 0.6 is 11.3 Å². The average Bonchev–Trinajstić information content (AvgIpc) is 3.15. The van der Waals surface area contributed by atoms with Gasteiger partial charge in [0.15, 0.2) is 0 Å². The SMILES string of the molecule is O=C(O)c1c(NC(=O)C2CC2)sc2c1CC1(CC2)OC=CO1. The van der Waals surface area contributed by atoms with Gasteiger partial charge in [0.05, 0.1) is 12.0 Å². The van der Waals surface area contributed by atoms with Gasteiger partial charge in [0, 0.05) is 17.2 Å². The molecule has 3 aliphatic rings. The van der Waals surface area contributed by atoms with E-state index in [0.29, 0.717) is 24.3 Å². The first-order chi connectivity index (χ1) is 10.6. The number of carboxylic acid groups (broad SMARTS) is 1. The highest BCUT2D eigenvalue weighted by Gasteiger charge is 2.43.